The summed E-state index contributed by atoms with van der Waals surface area (Å²) < 4.78 is 16.7. The third-order valence-electron chi connectivity index (χ3n) is 11.1. The van der Waals surface area contributed by atoms with Gasteiger partial charge in [0.1, 0.15) is 5.92 Å². The Morgan fingerprint density at radius 1 is 0.889 bits per heavy atom. The molecule has 2 fully saturated rings. The molecule has 4 aliphatic carbocycles. The molecular formula is C38H37NO6. The summed E-state index contributed by atoms with van der Waals surface area (Å²) in [6.07, 6.45) is 5.37. The van der Waals surface area contributed by atoms with Gasteiger partial charge in [0.25, 0.3) is 0 Å². The van der Waals surface area contributed by atoms with Crippen LogP contribution in [0.15, 0.2) is 72.3 Å². The molecule has 1 amide bonds. The first kappa shape index (κ1) is 28.1. The number of carbonyl (C=O) groups excluding carboxylic acids is 3. The van der Waals surface area contributed by atoms with Gasteiger partial charge in [0.2, 0.25) is 12.7 Å². The topological polar surface area (TPSA) is 82.1 Å². The number of allylic oxidation sites excluding steroid dienone is 1. The SMILES string of the molecule is COC(=O)[C@H]1[C@@H](/C(C)=C/c2ccc3c(c2)OCO3)[C@H](C(=O)N2CCCCC2)C(=O)C12CC1c3ccccc3C2c2ccccc21. The maximum atomic E-state index is 15.4. The molecule has 3 aromatic carbocycles. The van der Waals surface area contributed by atoms with Crippen LogP contribution >= 0.6 is 0 Å². The van der Waals surface area contributed by atoms with Crippen molar-refractivity contribution in [1.29, 1.82) is 0 Å². The summed E-state index contributed by atoms with van der Waals surface area (Å²) in [6, 6.07) is 22.4. The molecule has 45 heavy (non-hydrogen) atoms. The molecule has 0 radical (unpaired) electrons. The molecule has 2 heterocycles. The Labute approximate surface area is 263 Å². The first-order valence-electron chi connectivity index (χ1n) is 16.1. The quantitative estimate of drug-likeness (QED) is 0.265. The van der Waals surface area contributed by atoms with Gasteiger partial charge >= 0.3 is 5.97 Å². The Bertz CT molecular complexity index is 1710. The van der Waals surface area contributed by atoms with Crippen molar-refractivity contribution in [1.82, 2.24) is 4.90 Å². The van der Waals surface area contributed by atoms with Crippen LogP contribution in [0.25, 0.3) is 6.08 Å². The largest absolute Gasteiger partial charge is 0.469 e. The first-order chi connectivity index (χ1) is 21.9. The second kappa shape index (κ2) is 10.6. The molecule has 4 atom stereocenters. The molecule has 1 saturated heterocycles. The van der Waals surface area contributed by atoms with E-state index < -0.39 is 29.1 Å². The van der Waals surface area contributed by atoms with Gasteiger partial charge in [0.05, 0.1) is 18.4 Å². The Balaban J connectivity index is 1.33. The third-order valence-corrected chi connectivity index (χ3v) is 11.1. The Morgan fingerprint density at radius 3 is 2.20 bits per heavy atom. The smallest absolute Gasteiger partial charge is 0.310 e. The van der Waals surface area contributed by atoms with Gasteiger partial charge < -0.3 is 19.1 Å². The van der Waals surface area contributed by atoms with Gasteiger partial charge in [-0.05, 0) is 72.6 Å². The Kier molecular flexibility index (Phi) is 6.63. The number of hydrogen-bond donors (Lipinski definition) is 0. The summed E-state index contributed by atoms with van der Waals surface area (Å²) in [4.78, 5) is 46.1. The zero-order valence-corrected chi connectivity index (χ0v) is 25.7. The van der Waals surface area contributed by atoms with Gasteiger partial charge in [0.15, 0.2) is 17.3 Å². The molecule has 2 aliphatic heterocycles. The number of ketones is 1. The minimum Gasteiger partial charge on any atom is -0.469 e. The molecule has 2 bridgehead atoms. The summed E-state index contributed by atoms with van der Waals surface area (Å²) in [5.74, 6) is -2.23. The fourth-order valence-corrected chi connectivity index (χ4v) is 9.36. The normalized spacial score (nSPS) is 29.5. The maximum absolute atomic E-state index is 15.4. The van der Waals surface area contributed by atoms with Crippen LogP contribution < -0.4 is 9.47 Å². The third kappa shape index (κ3) is 4.05. The van der Waals surface area contributed by atoms with Crippen LogP contribution in [0.2, 0.25) is 0 Å². The molecule has 230 valence electrons. The molecule has 1 unspecified atom stereocenters. The zero-order chi connectivity index (χ0) is 30.9. The number of fused-ring (bicyclic) bond motifs is 1. The van der Waals surface area contributed by atoms with Gasteiger partial charge in [-0.1, -0.05) is 66.2 Å². The molecule has 0 aromatic heterocycles. The average molecular weight is 604 g/mol. The number of nitrogens with zero attached hydrogens (tertiary/aromatic N) is 1. The predicted molar refractivity (Wildman–Crippen MR) is 168 cm³/mol. The van der Waals surface area contributed by atoms with Crippen molar-refractivity contribution >= 4 is 23.7 Å². The van der Waals surface area contributed by atoms with E-state index >= 15 is 4.79 Å². The molecule has 6 aliphatic rings. The summed E-state index contributed by atoms with van der Waals surface area (Å²) in [5, 5.41) is 0. The lowest BCUT2D eigenvalue weighted by molar-refractivity contribution is -0.154. The highest BCUT2D eigenvalue weighted by Crippen LogP contribution is 2.69. The van der Waals surface area contributed by atoms with Crippen molar-refractivity contribution in [3.8, 4) is 11.5 Å². The number of hydrogen-bond acceptors (Lipinski definition) is 6. The van der Waals surface area contributed by atoms with Gasteiger partial charge in [-0.15, -0.1) is 0 Å². The van der Waals surface area contributed by atoms with Crippen molar-refractivity contribution < 1.29 is 28.6 Å². The lowest BCUT2D eigenvalue weighted by Gasteiger charge is -2.53. The fourth-order valence-electron chi connectivity index (χ4n) is 9.36. The van der Waals surface area contributed by atoms with Crippen molar-refractivity contribution in [3.05, 3.63) is 100 Å². The molecule has 7 heteroatoms. The fraction of sp³-hybridized carbons (Fsp3) is 0.395. The first-order valence-corrected chi connectivity index (χ1v) is 16.1. The molecule has 0 N–H and O–H groups in total. The maximum Gasteiger partial charge on any atom is 0.310 e. The van der Waals surface area contributed by atoms with E-state index in [-0.39, 0.29) is 30.3 Å². The van der Waals surface area contributed by atoms with E-state index in [2.05, 4.69) is 24.3 Å². The van der Waals surface area contributed by atoms with Gasteiger partial charge in [-0.3, -0.25) is 14.4 Å². The summed E-state index contributed by atoms with van der Waals surface area (Å²) in [7, 11) is 1.40. The van der Waals surface area contributed by atoms with Crippen molar-refractivity contribution in [2.75, 3.05) is 27.0 Å². The van der Waals surface area contributed by atoms with Gasteiger partial charge in [-0.25, -0.2) is 0 Å². The second-order valence-corrected chi connectivity index (χ2v) is 13.2. The van der Waals surface area contributed by atoms with Gasteiger partial charge in [0, 0.05) is 30.8 Å². The van der Waals surface area contributed by atoms with E-state index in [1.165, 1.54) is 18.2 Å². The highest BCUT2D eigenvalue weighted by atomic mass is 16.7. The van der Waals surface area contributed by atoms with E-state index in [0.717, 1.165) is 41.5 Å². The number of piperidine rings is 1. The van der Waals surface area contributed by atoms with Crippen LogP contribution in [-0.4, -0.2) is 49.6 Å². The molecular weight excluding hydrogens is 566 g/mol. The van der Waals surface area contributed by atoms with E-state index in [0.29, 0.717) is 31.0 Å². The summed E-state index contributed by atoms with van der Waals surface area (Å²) in [6.45, 7) is 3.39. The van der Waals surface area contributed by atoms with E-state index in [9.17, 15) is 9.59 Å². The summed E-state index contributed by atoms with van der Waals surface area (Å²) in [5.41, 5.74) is 5.13. The molecule has 1 saturated carbocycles. The highest BCUT2D eigenvalue weighted by molar-refractivity contribution is 6.10. The van der Waals surface area contributed by atoms with Crippen LogP contribution in [0.4, 0.5) is 0 Å². The van der Waals surface area contributed by atoms with Gasteiger partial charge in [-0.2, -0.15) is 0 Å². The van der Waals surface area contributed by atoms with Crippen molar-refractivity contribution in [2.45, 2.75) is 44.4 Å². The van der Waals surface area contributed by atoms with Crippen LogP contribution in [0.1, 0.15) is 72.3 Å². The second-order valence-electron chi connectivity index (χ2n) is 13.2. The number of Topliss-reactive ketones (excluding diaryl/α,β-unsaturated/α-hetero) is 1. The minimum atomic E-state index is -1.12. The predicted octanol–water partition coefficient (Wildman–Crippen LogP) is 6.10. The lowest BCUT2D eigenvalue weighted by Crippen LogP contribution is -2.51. The van der Waals surface area contributed by atoms with Crippen LogP contribution in [0.3, 0.4) is 0 Å². The molecule has 9 rings (SSSR count). The molecule has 3 aromatic rings. The number of methoxy groups -OCH3 is 1. The number of likely N-dealkylation sites (tertiary alicyclic amines) is 1. The molecule has 7 nitrogen and oxygen atoms in total. The van der Waals surface area contributed by atoms with Crippen LogP contribution in [0, 0.1) is 23.2 Å². The van der Waals surface area contributed by atoms with Crippen molar-refractivity contribution in [2.24, 2.45) is 23.2 Å². The number of benzene rings is 3. The Hall–Kier alpha value is -4.39. The van der Waals surface area contributed by atoms with Crippen LogP contribution in [-0.2, 0) is 19.1 Å². The summed E-state index contributed by atoms with van der Waals surface area (Å²) >= 11 is 0. The standard InChI is InChI=1S/C38H37NO6/c1-22(18-23-14-15-29-30(19-23)45-21-44-29)31-32(36(41)39-16-8-3-9-17-39)35(40)38(34(31)37(42)43-2)20-28-24-10-4-6-12-26(24)33(38)27-13-7-5-11-25(27)28/h4-7,10-15,18-19,28,31-34H,3,8-9,16-17,20-21H2,1-2H3/b22-18+/t28?,31-,32-,33?,34+,38?/m0/s1. The Morgan fingerprint density at radius 2 is 1.53 bits per heavy atom. The monoisotopic (exact) mass is 603 g/mol. The number of amides is 1. The number of rotatable bonds is 4. The van der Waals surface area contributed by atoms with E-state index in [1.807, 2.05) is 60.4 Å². The highest BCUT2D eigenvalue weighted by Gasteiger charge is 2.71. The van der Waals surface area contributed by atoms with E-state index in [4.69, 9.17) is 14.2 Å². The average Bonchev–Trinajstić information content (AvgIpc) is 3.65. The van der Waals surface area contributed by atoms with Crippen molar-refractivity contribution in [3.63, 3.8) is 0 Å². The molecule has 1 spiro atoms. The number of ether oxygens (including phenoxy) is 3. The minimum absolute atomic E-state index is 0.0545. The van der Waals surface area contributed by atoms with E-state index in [1.54, 1.807) is 0 Å². The lowest BCUT2D eigenvalue weighted by atomic mass is 9.48. The van der Waals surface area contributed by atoms with Crippen LogP contribution in [0.5, 0.6) is 11.5 Å². The zero-order valence-electron chi connectivity index (χ0n) is 25.7. The number of carbonyl (C=O) groups is 3. The number of esters is 1.